The van der Waals surface area contributed by atoms with E-state index in [9.17, 15) is 22.4 Å². The van der Waals surface area contributed by atoms with Gasteiger partial charge in [0.05, 0.1) is 17.2 Å². The Balaban J connectivity index is 1.87. The fourth-order valence-electron chi connectivity index (χ4n) is 3.25. The molecule has 0 aromatic heterocycles. The molecule has 0 radical (unpaired) electrons. The smallest absolute Gasteiger partial charge is 0.246 e. The van der Waals surface area contributed by atoms with E-state index in [1.807, 2.05) is 6.07 Å². The van der Waals surface area contributed by atoms with Crippen LogP contribution in [0.2, 0.25) is 0 Å². The maximum atomic E-state index is 14.3. The second kappa shape index (κ2) is 8.71. The van der Waals surface area contributed by atoms with Crippen LogP contribution in [-0.2, 0) is 19.4 Å². The first-order valence-corrected chi connectivity index (χ1v) is 10.9. The van der Waals surface area contributed by atoms with Gasteiger partial charge in [0, 0.05) is 25.7 Å². The maximum Gasteiger partial charge on any atom is 0.246 e. The Bertz CT molecular complexity index is 998. The highest BCUT2D eigenvalue weighted by Crippen LogP contribution is 2.26. The predicted molar refractivity (Wildman–Crippen MR) is 109 cm³/mol. The molecule has 29 heavy (non-hydrogen) atoms. The third kappa shape index (κ3) is 5.39. The number of benzene rings is 2. The number of hydrogen-bond acceptors (Lipinski definition) is 5. The predicted octanol–water partition coefficient (Wildman–Crippen LogP) is 2.19. The first-order valence-electron chi connectivity index (χ1n) is 9.12. The minimum atomic E-state index is -3.11. The lowest BCUT2D eigenvalue weighted by atomic mass is 10.0. The topological polar surface area (TPSA) is 95.6 Å². The van der Waals surface area contributed by atoms with Gasteiger partial charge >= 0.3 is 0 Å². The average Bonchev–Trinajstić information content (AvgIpc) is 2.66. The van der Waals surface area contributed by atoms with Crippen molar-refractivity contribution in [2.75, 3.05) is 35.2 Å². The molecule has 2 aromatic carbocycles. The fraction of sp³-hybridized carbons (Fsp3) is 0.300. The standard InChI is InChI=1S/C20H22FN3O4S/c1-14(25)22-16-7-8-17(21)18(13-16)23-20(26)19(15-5-3-2-4-6-15)24-9-11-29(27,28)12-10-24/h2-8,13,19H,9-12H2,1H3,(H,22,25)(H,23,26). The van der Waals surface area contributed by atoms with E-state index in [2.05, 4.69) is 10.6 Å². The third-order valence-corrected chi connectivity index (χ3v) is 6.26. The van der Waals surface area contributed by atoms with Gasteiger partial charge in [-0.15, -0.1) is 0 Å². The normalized spacial score (nSPS) is 17.3. The van der Waals surface area contributed by atoms with E-state index < -0.39 is 27.6 Å². The summed E-state index contributed by atoms with van der Waals surface area (Å²) in [6, 6.07) is 12.1. The fourth-order valence-corrected chi connectivity index (χ4v) is 4.48. The van der Waals surface area contributed by atoms with Crippen LogP contribution in [0.1, 0.15) is 18.5 Å². The zero-order chi connectivity index (χ0) is 21.0. The molecule has 2 N–H and O–H groups in total. The van der Waals surface area contributed by atoms with E-state index in [1.54, 1.807) is 29.2 Å². The van der Waals surface area contributed by atoms with Gasteiger partial charge in [-0.1, -0.05) is 30.3 Å². The molecule has 2 aromatic rings. The van der Waals surface area contributed by atoms with Crippen molar-refractivity contribution in [1.82, 2.24) is 4.90 Å². The highest BCUT2D eigenvalue weighted by Gasteiger charge is 2.32. The number of carbonyl (C=O) groups excluding carboxylic acids is 2. The Hall–Kier alpha value is -2.78. The van der Waals surface area contributed by atoms with E-state index in [1.165, 1.54) is 19.1 Å². The van der Waals surface area contributed by atoms with Crippen molar-refractivity contribution in [2.45, 2.75) is 13.0 Å². The summed E-state index contributed by atoms with van der Waals surface area (Å²) in [6.07, 6.45) is 0. The molecular weight excluding hydrogens is 397 g/mol. The molecule has 0 spiro atoms. The van der Waals surface area contributed by atoms with Gasteiger partial charge < -0.3 is 10.6 Å². The van der Waals surface area contributed by atoms with E-state index in [0.717, 1.165) is 6.07 Å². The minimum Gasteiger partial charge on any atom is -0.326 e. The molecule has 0 aliphatic carbocycles. The molecule has 1 saturated heterocycles. The minimum absolute atomic E-state index is 0.0318. The first-order chi connectivity index (χ1) is 13.7. The molecule has 0 saturated carbocycles. The highest BCUT2D eigenvalue weighted by molar-refractivity contribution is 7.91. The summed E-state index contributed by atoms with van der Waals surface area (Å²) in [6.45, 7) is 1.75. The summed E-state index contributed by atoms with van der Waals surface area (Å²) in [4.78, 5) is 26.1. The molecule has 1 unspecified atom stereocenters. The Labute approximate surface area is 168 Å². The Morgan fingerprint density at radius 1 is 1.03 bits per heavy atom. The van der Waals surface area contributed by atoms with E-state index in [0.29, 0.717) is 11.3 Å². The average molecular weight is 419 g/mol. The number of carbonyl (C=O) groups is 2. The third-order valence-electron chi connectivity index (χ3n) is 4.65. The van der Waals surface area contributed by atoms with Crippen molar-refractivity contribution < 1.29 is 22.4 Å². The monoisotopic (exact) mass is 419 g/mol. The van der Waals surface area contributed by atoms with E-state index >= 15 is 0 Å². The molecule has 0 bridgehead atoms. The first kappa shape index (κ1) is 20.9. The Kier molecular flexibility index (Phi) is 6.29. The maximum absolute atomic E-state index is 14.3. The van der Waals surface area contributed by atoms with Gasteiger partial charge in [-0.2, -0.15) is 0 Å². The summed E-state index contributed by atoms with van der Waals surface area (Å²) >= 11 is 0. The Morgan fingerprint density at radius 2 is 1.69 bits per heavy atom. The van der Waals surface area contributed by atoms with Crippen LogP contribution in [0.5, 0.6) is 0 Å². The molecule has 1 fully saturated rings. The summed E-state index contributed by atoms with van der Waals surface area (Å²) in [5.41, 5.74) is 0.976. The van der Waals surface area contributed by atoms with Crippen LogP contribution in [0.15, 0.2) is 48.5 Å². The second-order valence-electron chi connectivity index (χ2n) is 6.87. The van der Waals surface area contributed by atoms with Crippen LogP contribution in [-0.4, -0.2) is 49.7 Å². The van der Waals surface area contributed by atoms with Crippen LogP contribution < -0.4 is 10.6 Å². The molecule has 1 aliphatic heterocycles. The molecule has 2 amide bonds. The van der Waals surface area contributed by atoms with Crippen molar-refractivity contribution in [1.29, 1.82) is 0 Å². The van der Waals surface area contributed by atoms with Crippen molar-refractivity contribution in [3.63, 3.8) is 0 Å². The van der Waals surface area contributed by atoms with Gasteiger partial charge in [-0.05, 0) is 23.8 Å². The van der Waals surface area contributed by atoms with Gasteiger partial charge in [0.15, 0.2) is 9.84 Å². The number of nitrogens with one attached hydrogen (secondary N) is 2. The molecule has 9 heteroatoms. The lowest BCUT2D eigenvalue weighted by molar-refractivity contribution is -0.121. The molecular formula is C20H22FN3O4S. The van der Waals surface area contributed by atoms with Crippen LogP contribution in [0, 0.1) is 5.82 Å². The van der Waals surface area contributed by atoms with Crippen molar-refractivity contribution in [2.24, 2.45) is 0 Å². The summed E-state index contributed by atoms with van der Waals surface area (Å²) in [7, 11) is -3.11. The second-order valence-corrected chi connectivity index (χ2v) is 9.17. The van der Waals surface area contributed by atoms with Gasteiger partial charge in [0.25, 0.3) is 0 Å². The van der Waals surface area contributed by atoms with Crippen LogP contribution in [0.25, 0.3) is 0 Å². The van der Waals surface area contributed by atoms with Crippen LogP contribution in [0.4, 0.5) is 15.8 Å². The van der Waals surface area contributed by atoms with Gasteiger partial charge in [-0.25, -0.2) is 12.8 Å². The number of anilines is 2. The van der Waals surface area contributed by atoms with Crippen LogP contribution >= 0.6 is 0 Å². The zero-order valence-corrected chi connectivity index (χ0v) is 16.7. The van der Waals surface area contributed by atoms with E-state index in [4.69, 9.17) is 0 Å². The van der Waals surface area contributed by atoms with Gasteiger partial charge in [0.2, 0.25) is 11.8 Å². The largest absolute Gasteiger partial charge is 0.326 e. The number of halogens is 1. The summed E-state index contributed by atoms with van der Waals surface area (Å²) in [5, 5.41) is 5.13. The number of hydrogen-bond donors (Lipinski definition) is 2. The molecule has 154 valence electrons. The summed E-state index contributed by atoms with van der Waals surface area (Å²) in [5.74, 6) is -1.49. The molecule has 1 heterocycles. The molecule has 1 atom stereocenters. The quantitative estimate of drug-likeness (QED) is 0.775. The lowest BCUT2D eigenvalue weighted by Crippen LogP contribution is -2.46. The number of amides is 2. The van der Waals surface area contributed by atoms with Gasteiger partial charge in [-0.3, -0.25) is 14.5 Å². The highest BCUT2D eigenvalue weighted by atomic mass is 32.2. The SMILES string of the molecule is CC(=O)Nc1ccc(F)c(NC(=O)C(c2ccccc2)N2CCS(=O)(=O)CC2)c1. The number of sulfone groups is 1. The number of rotatable bonds is 5. The molecule has 1 aliphatic rings. The van der Waals surface area contributed by atoms with Crippen molar-refractivity contribution >= 4 is 33.0 Å². The summed E-state index contributed by atoms with van der Waals surface area (Å²) < 4.78 is 37.8. The Morgan fingerprint density at radius 3 is 2.31 bits per heavy atom. The van der Waals surface area contributed by atoms with Crippen molar-refractivity contribution in [3.8, 4) is 0 Å². The lowest BCUT2D eigenvalue weighted by Gasteiger charge is -2.33. The van der Waals surface area contributed by atoms with Crippen LogP contribution in [0.3, 0.4) is 0 Å². The number of nitrogens with zero attached hydrogens (tertiary/aromatic N) is 1. The molecule has 7 nitrogen and oxygen atoms in total. The molecule has 3 rings (SSSR count). The van der Waals surface area contributed by atoms with E-state index in [-0.39, 0.29) is 36.2 Å². The van der Waals surface area contributed by atoms with Crippen molar-refractivity contribution in [3.05, 3.63) is 59.9 Å². The zero-order valence-electron chi connectivity index (χ0n) is 15.9. The van der Waals surface area contributed by atoms with Gasteiger partial charge in [0.1, 0.15) is 11.9 Å².